The van der Waals surface area contributed by atoms with Crippen LogP contribution in [0.25, 0.3) is 22.2 Å². The van der Waals surface area contributed by atoms with Crippen molar-refractivity contribution >= 4 is 16.9 Å². The number of hydrogen-bond donors (Lipinski definition) is 0. The minimum atomic E-state index is -0.0370. The van der Waals surface area contributed by atoms with Crippen molar-refractivity contribution in [3.63, 3.8) is 0 Å². The van der Waals surface area contributed by atoms with E-state index in [4.69, 9.17) is 4.52 Å². The zero-order valence-corrected chi connectivity index (χ0v) is 15.8. The first kappa shape index (κ1) is 17.0. The van der Waals surface area contributed by atoms with Crippen LogP contribution < -0.4 is 0 Å². The summed E-state index contributed by atoms with van der Waals surface area (Å²) in [6.07, 6.45) is 12.3. The zero-order valence-electron chi connectivity index (χ0n) is 15.8. The van der Waals surface area contributed by atoms with Crippen LogP contribution in [-0.2, 0) is 7.05 Å². The number of benzene rings is 1. The SMILES string of the molecule is Cn1nccc1-c1ccc2c(C(=O)N3CCC[C@H]3C3=CC=CCC3)noc2c1. The van der Waals surface area contributed by atoms with Crippen molar-refractivity contribution in [1.82, 2.24) is 19.8 Å². The highest BCUT2D eigenvalue weighted by molar-refractivity contribution is 6.05. The maximum absolute atomic E-state index is 13.3. The molecule has 0 spiro atoms. The second-order valence-corrected chi connectivity index (χ2v) is 7.45. The van der Waals surface area contributed by atoms with E-state index in [1.54, 1.807) is 6.20 Å². The molecule has 1 saturated heterocycles. The first-order valence-electron chi connectivity index (χ1n) is 9.77. The van der Waals surface area contributed by atoms with E-state index >= 15 is 0 Å². The number of rotatable bonds is 3. The van der Waals surface area contributed by atoms with Crippen LogP contribution in [0, 0.1) is 0 Å². The molecule has 0 radical (unpaired) electrons. The summed E-state index contributed by atoms with van der Waals surface area (Å²) in [7, 11) is 1.90. The van der Waals surface area contributed by atoms with Gasteiger partial charge in [-0.1, -0.05) is 29.5 Å². The summed E-state index contributed by atoms with van der Waals surface area (Å²) in [5.74, 6) is -0.0370. The van der Waals surface area contributed by atoms with Gasteiger partial charge in [0.25, 0.3) is 5.91 Å². The van der Waals surface area contributed by atoms with Crippen LogP contribution in [0.2, 0.25) is 0 Å². The van der Waals surface area contributed by atoms with Gasteiger partial charge in [0, 0.05) is 25.4 Å². The molecule has 5 rings (SSSR count). The van der Waals surface area contributed by atoms with Gasteiger partial charge in [0.2, 0.25) is 0 Å². The van der Waals surface area contributed by atoms with Gasteiger partial charge in [0.15, 0.2) is 11.3 Å². The lowest BCUT2D eigenvalue weighted by atomic mass is 9.96. The van der Waals surface area contributed by atoms with E-state index in [0.717, 1.165) is 48.9 Å². The molecule has 1 atom stereocenters. The molecular formula is C22H22N4O2. The van der Waals surface area contributed by atoms with Gasteiger partial charge < -0.3 is 9.42 Å². The van der Waals surface area contributed by atoms with E-state index in [0.29, 0.717) is 11.3 Å². The molecule has 6 heteroatoms. The van der Waals surface area contributed by atoms with Gasteiger partial charge in [0.1, 0.15) is 0 Å². The number of carbonyl (C=O) groups excluding carboxylic acids is 1. The van der Waals surface area contributed by atoms with Crippen molar-refractivity contribution < 1.29 is 9.32 Å². The predicted molar refractivity (Wildman–Crippen MR) is 107 cm³/mol. The second-order valence-electron chi connectivity index (χ2n) is 7.45. The third-order valence-corrected chi connectivity index (χ3v) is 5.78. The van der Waals surface area contributed by atoms with Gasteiger partial charge in [-0.25, -0.2) is 0 Å². The average molecular weight is 374 g/mol. The second kappa shape index (κ2) is 6.78. The molecule has 1 aromatic carbocycles. The summed E-state index contributed by atoms with van der Waals surface area (Å²) in [5.41, 5.74) is 4.35. The third kappa shape index (κ3) is 2.76. The predicted octanol–water partition coefficient (Wildman–Crippen LogP) is 4.11. The molecule has 3 heterocycles. The van der Waals surface area contributed by atoms with Gasteiger partial charge in [-0.05, 0) is 49.5 Å². The molecule has 1 aliphatic heterocycles. The molecule has 0 N–H and O–H groups in total. The molecule has 1 aliphatic carbocycles. The first-order valence-corrected chi connectivity index (χ1v) is 9.77. The number of nitrogens with zero attached hydrogens (tertiary/aromatic N) is 4. The normalized spacial score (nSPS) is 19.4. The molecule has 0 saturated carbocycles. The van der Waals surface area contributed by atoms with Crippen LogP contribution in [0.3, 0.4) is 0 Å². The van der Waals surface area contributed by atoms with Crippen molar-refractivity contribution in [2.45, 2.75) is 31.7 Å². The van der Waals surface area contributed by atoms with Crippen molar-refractivity contribution in [1.29, 1.82) is 0 Å². The van der Waals surface area contributed by atoms with Gasteiger partial charge in [0.05, 0.1) is 17.1 Å². The molecule has 0 bridgehead atoms. The smallest absolute Gasteiger partial charge is 0.277 e. The Morgan fingerprint density at radius 2 is 2.21 bits per heavy atom. The Hall–Kier alpha value is -3.15. The molecule has 1 fully saturated rings. The Labute approximate surface area is 163 Å². The lowest BCUT2D eigenvalue weighted by molar-refractivity contribution is 0.0745. The fourth-order valence-corrected chi connectivity index (χ4v) is 4.34. The topological polar surface area (TPSA) is 64.2 Å². The fraction of sp³-hybridized carbons (Fsp3) is 0.318. The van der Waals surface area contributed by atoms with E-state index in [1.165, 1.54) is 5.57 Å². The Bertz CT molecular complexity index is 1100. The monoisotopic (exact) mass is 374 g/mol. The van der Waals surface area contributed by atoms with E-state index in [-0.39, 0.29) is 11.9 Å². The third-order valence-electron chi connectivity index (χ3n) is 5.78. The number of aromatic nitrogens is 3. The maximum atomic E-state index is 13.3. The van der Waals surface area contributed by atoms with E-state index < -0.39 is 0 Å². The molecule has 2 aliphatic rings. The standard InChI is InChI=1S/C22H22N4O2/c1-25-18(11-12-23-25)16-9-10-17-20(14-16)28-24-21(17)22(27)26-13-5-8-19(26)15-6-3-2-4-7-15/h2-3,6,9-12,14,19H,4-5,7-8,13H2,1H3/t19-/m0/s1. The first-order chi connectivity index (χ1) is 13.7. The van der Waals surface area contributed by atoms with Gasteiger partial charge in [-0.3, -0.25) is 9.48 Å². The van der Waals surface area contributed by atoms with Crippen LogP contribution in [-0.4, -0.2) is 38.3 Å². The molecule has 28 heavy (non-hydrogen) atoms. The molecular weight excluding hydrogens is 352 g/mol. The molecule has 1 amide bonds. The van der Waals surface area contributed by atoms with Gasteiger partial charge in [-0.15, -0.1) is 0 Å². The van der Waals surface area contributed by atoms with Crippen molar-refractivity contribution in [3.05, 3.63) is 60.0 Å². The summed E-state index contributed by atoms with van der Waals surface area (Å²) in [5, 5.41) is 9.12. The number of aryl methyl sites for hydroxylation is 1. The number of allylic oxidation sites excluding steroid dienone is 3. The Morgan fingerprint density at radius 1 is 1.29 bits per heavy atom. The summed E-state index contributed by atoms with van der Waals surface area (Å²) in [6.45, 7) is 0.770. The number of carbonyl (C=O) groups is 1. The molecule has 0 unspecified atom stereocenters. The quantitative estimate of drug-likeness (QED) is 0.692. The van der Waals surface area contributed by atoms with Crippen molar-refractivity contribution in [2.75, 3.05) is 6.54 Å². The van der Waals surface area contributed by atoms with Gasteiger partial charge in [-0.2, -0.15) is 5.10 Å². The lowest BCUT2D eigenvalue weighted by Gasteiger charge is -2.27. The van der Waals surface area contributed by atoms with Crippen molar-refractivity contribution in [3.8, 4) is 11.3 Å². The average Bonchev–Trinajstić information content (AvgIpc) is 3.47. The van der Waals surface area contributed by atoms with Crippen LogP contribution >= 0.6 is 0 Å². The van der Waals surface area contributed by atoms with Crippen LogP contribution in [0.1, 0.15) is 36.2 Å². The van der Waals surface area contributed by atoms with Crippen LogP contribution in [0.5, 0.6) is 0 Å². The highest BCUT2D eigenvalue weighted by atomic mass is 16.5. The maximum Gasteiger partial charge on any atom is 0.277 e. The summed E-state index contributed by atoms with van der Waals surface area (Å²) < 4.78 is 7.35. The van der Waals surface area contributed by atoms with E-state index in [1.807, 2.05) is 40.9 Å². The highest BCUT2D eigenvalue weighted by Gasteiger charge is 2.34. The number of amides is 1. The zero-order chi connectivity index (χ0) is 19.1. The van der Waals surface area contributed by atoms with Crippen LogP contribution in [0.4, 0.5) is 0 Å². The Balaban J connectivity index is 1.47. The fourth-order valence-electron chi connectivity index (χ4n) is 4.34. The number of hydrogen-bond acceptors (Lipinski definition) is 4. The summed E-state index contributed by atoms with van der Waals surface area (Å²) >= 11 is 0. The summed E-state index contributed by atoms with van der Waals surface area (Å²) in [4.78, 5) is 15.3. The highest BCUT2D eigenvalue weighted by Crippen LogP contribution is 2.32. The number of likely N-dealkylation sites (tertiary alicyclic amines) is 1. The minimum absolute atomic E-state index is 0.0370. The van der Waals surface area contributed by atoms with E-state index in [2.05, 4.69) is 28.5 Å². The Kier molecular flexibility index (Phi) is 4.11. The largest absolute Gasteiger partial charge is 0.355 e. The molecule has 2 aromatic heterocycles. The molecule has 142 valence electrons. The van der Waals surface area contributed by atoms with E-state index in [9.17, 15) is 4.79 Å². The van der Waals surface area contributed by atoms with Gasteiger partial charge >= 0.3 is 0 Å². The minimum Gasteiger partial charge on any atom is -0.355 e. The molecule has 6 nitrogen and oxygen atoms in total. The van der Waals surface area contributed by atoms with Crippen LogP contribution in [0.15, 0.2) is 58.8 Å². The van der Waals surface area contributed by atoms with Crippen molar-refractivity contribution in [2.24, 2.45) is 7.05 Å². The summed E-state index contributed by atoms with van der Waals surface area (Å²) in [6, 6.07) is 7.97. The lowest BCUT2D eigenvalue weighted by Crippen LogP contribution is -2.37. The number of fused-ring (bicyclic) bond motifs is 1. The molecule has 3 aromatic rings. The Morgan fingerprint density at radius 3 is 3.00 bits per heavy atom.